The summed E-state index contributed by atoms with van der Waals surface area (Å²) in [5, 5.41) is 18.5. The average Bonchev–Trinajstić information content (AvgIpc) is 2.95. The third-order valence-corrected chi connectivity index (χ3v) is 4.02. The van der Waals surface area contributed by atoms with Crippen molar-refractivity contribution in [3.05, 3.63) is 64.3 Å². The molecule has 0 aliphatic heterocycles. The highest BCUT2D eigenvalue weighted by atomic mass is 35.5. The van der Waals surface area contributed by atoms with Gasteiger partial charge in [-0.2, -0.15) is 0 Å². The summed E-state index contributed by atoms with van der Waals surface area (Å²) in [6, 6.07) is 13.8. The van der Waals surface area contributed by atoms with Crippen molar-refractivity contribution in [2.24, 2.45) is 0 Å². The van der Waals surface area contributed by atoms with Crippen LogP contribution < -0.4 is 0 Å². The normalized spacial score (nSPS) is 10.9. The van der Waals surface area contributed by atoms with E-state index in [4.69, 9.17) is 11.6 Å². The fourth-order valence-electron chi connectivity index (χ4n) is 2.31. The molecular formula is C17H16ClN3O. The van der Waals surface area contributed by atoms with Crippen LogP contribution in [-0.4, -0.2) is 20.1 Å². The maximum absolute atomic E-state index is 9.55. The number of hydrogen-bond donors (Lipinski definition) is 1. The van der Waals surface area contributed by atoms with Crippen molar-refractivity contribution < 1.29 is 5.11 Å². The minimum Gasteiger partial charge on any atom is -0.390 e. The summed E-state index contributed by atoms with van der Waals surface area (Å²) in [7, 11) is 0. The van der Waals surface area contributed by atoms with Gasteiger partial charge in [0.2, 0.25) is 0 Å². The van der Waals surface area contributed by atoms with Crippen LogP contribution in [-0.2, 0) is 6.61 Å². The number of nitrogens with zero attached hydrogens (tertiary/aromatic N) is 3. The first-order valence-corrected chi connectivity index (χ1v) is 7.37. The van der Waals surface area contributed by atoms with E-state index in [1.165, 1.54) is 5.56 Å². The van der Waals surface area contributed by atoms with Crippen LogP contribution in [0, 0.1) is 13.8 Å². The van der Waals surface area contributed by atoms with Crippen LogP contribution in [0.4, 0.5) is 0 Å². The molecule has 22 heavy (non-hydrogen) atoms. The Morgan fingerprint density at radius 3 is 2.45 bits per heavy atom. The summed E-state index contributed by atoms with van der Waals surface area (Å²) in [4.78, 5) is 0. The summed E-state index contributed by atoms with van der Waals surface area (Å²) in [5.74, 6) is 0. The molecule has 4 nitrogen and oxygen atoms in total. The maximum Gasteiger partial charge on any atom is 0.117 e. The Bertz CT molecular complexity index is 809. The first-order chi connectivity index (χ1) is 10.6. The van der Waals surface area contributed by atoms with E-state index >= 15 is 0 Å². The second-order valence-corrected chi connectivity index (χ2v) is 5.66. The van der Waals surface area contributed by atoms with Gasteiger partial charge in [-0.15, -0.1) is 5.10 Å². The number of aromatic nitrogens is 3. The van der Waals surface area contributed by atoms with Crippen molar-refractivity contribution in [2.75, 3.05) is 0 Å². The lowest BCUT2D eigenvalue weighted by atomic mass is 10.1. The van der Waals surface area contributed by atoms with E-state index in [9.17, 15) is 5.11 Å². The summed E-state index contributed by atoms with van der Waals surface area (Å²) in [6.07, 6.45) is 0. The number of aryl methyl sites for hydroxylation is 2. The molecule has 1 aromatic heterocycles. The van der Waals surface area contributed by atoms with E-state index in [0.717, 1.165) is 22.5 Å². The molecule has 0 spiro atoms. The highest BCUT2D eigenvalue weighted by Gasteiger charge is 2.16. The van der Waals surface area contributed by atoms with Crippen LogP contribution in [0.5, 0.6) is 0 Å². The zero-order valence-electron chi connectivity index (χ0n) is 12.4. The molecule has 0 radical (unpaired) electrons. The molecule has 2 aromatic carbocycles. The molecule has 0 bridgehead atoms. The van der Waals surface area contributed by atoms with Crippen molar-refractivity contribution in [2.45, 2.75) is 20.5 Å². The molecule has 0 saturated carbocycles. The quantitative estimate of drug-likeness (QED) is 0.802. The fourth-order valence-corrected chi connectivity index (χ4v) is 2.49. The van der Waals surface area contributed by atoms with Gasteiger partial charge in [-0.3, -0.25) is 0 Å². The summed E-state index contributed by atoms with van der Waals surface area (Å²) in [6.45, 7) is 3.82. The molecule has 5 heteroatoms. The Morgan fingerprint density at radius 1 is 1.09 bits per heavy atom. The van der Waals surface area contributed by atoms with Gasteiger partial charge in [0.05, 0.1) is 12.3 Å². The molecule has 0 amide bonds. The maximum atomic E-state index is 9.55. The van der Waals surface area contributed by atoms with Gasteiger partial charge in [0, 0.05) is 10.6 Å². The molecule has 0 atom stereocenters. The highest BCUT2D eigenvalue weighted by molar-refractivity contribution is 6.31. The Kier molecular flexibility index (Phi) is 3.96. The van der Waals surface area contributed by atoms with E-state index in [1.54, 1.807) is 4.68 Å². The molecule has 0 unspecified atom stereocenters. The average molecular weight is 314 g/mol. The standard InChI is InChI=1S/C17H16ClN3O/c1-11-3-6-13(7-4-11)17-16(10-22)19-20-21(17)14-8-5-12(2)15(18)9-14/h3-9,22H,10H2,1-2H3. The number of aliphatic hydroxyl groups excluding tert-OH is 1. The van der Waals surface area contributed by atoms with E-state index in [0.29, 0.717) is 10.7 Å². The van der Waals surface area contributed by atoms with E-state index < -0.39 is 0 Å². The number of aliphatic hydroxyl groups is 1. The minimum atomic E-state index is -0.164. The predicted octanol–water partition coefficient (Wildman–Crippen LogP) is 3.70. The third kappa shape index (κ3) is 2.63. The van der Waals surface area contributed by atoms with Gasteiger partial charge in [0.25, 0.3) is 0 Å². The lowest BCUT2D eigenvalue weighted by Gasteiger charge is -2.09. The lowest BCUT2D eigenvalue weighted by Crippen LogP contribution is -2.00. The molecule has 0 fully saturated rings. The van der Waals surface area contributed by atoms with Crippen molar-refractivity contribution in [1.82, 2.24) is 15.0 Å². The first kappa shape index (κ1) is 14.8. The number of rotatable bonds is 3. The van der Waals surface area contributed by atoms with Crippen molar-refractivity contribution in [3.63, 3.8) is 0 Å². The Hall–Kier alpha value is -2.17. The topological polar surface area (TPSA) is 50.9 Å². The number of benzene rings is 2. The second-order valence-electron chi connectivity index (χ2n) is 5.25. The Morgan fingerprint density at radius 2 is 1.82 bits per heavy atom. The Labute approximate surface area is 134 Å². The molecule has 0 saturated heterocycles. The summed E-state index contributed by atoms with van der Waals surface area (Å²) >= 11 is 6.21. The second kappa shape index (κ2) is 5.91. The van der Waals surface area contributed by atoms with Crippen molar-refractivity contribution in [3.8, 4) is 16.9 Å². The van der Waals surface area contributed by atoms with Crippen molar-refractivity contribution >= 4 is 11.6 Å². The fraction of sp³-hybridized carbons (Fsp3) is 0.176. The molecule has 112 valence electrons. The van der Waals surface area contributed by atoms with Gasteiger partial charge in [-0.1, -0.05) is 52.7 Å². The predicted molar refractivity (Wildman–Crippen MR) is 87.2 cm³/mol. The minimum absolute atomic E-state index is 0.164. The van der Waals surface area contributed by atoms with Crippen LogP contribution in [0.3, 0.4) is 0 Å². The molecule has 3 aromatic rings. The largest absolute Gasteiger partial charge is 0.390 e. The van der Waals surface area contributed by atoms with Gasteiger partial charge in [-0.05, 0) is 31.5 Å². The van der Waals surface area contributed by atoms with E-state index in [2.05, 4.69) is 10.3 Å². The lowest BCUT2D eigenvalue weighted by molar-refractivity contribution is 0.277. The highest BCUT2D eigenvalue weighted by Crippen LogP contribution is 2.27. The molecule has 3 rings (SSSR count). The van der Waals surface area contributed by atoms with Crippen LogP contribution in [0.25, 0.3) is 16.9 Å². The molecular weight excluding hydrogens is 298 g/mol. The smallest absolute Gasteiger partial charge is 0.117 e. The monoisotopic (exact) mass is 313 g/mol. The van der Waals surface area contributed by atoms with Gasteiger partial charge in [-0.25, -0.2) is 4.68 Å². The summed E-state index contributed by atoms with van der Waals surface area (Å²) < 4.78 is 1.71. The van der Waals surface area contributed by atoms with E-state index in [-0.39, 0.29) is 6.61 Å². The molecule has 0 aliphatic rings. The SMILES string of the molecule is Cc1ccc(-c2c(CO)nnn2-c2ccc(C)c(Cl)c2)cc1. The van der Waals surface area contributed by atoms with Gasteiger partial charge in [0.1, 0.15) is 11.4 Å². The third-order valence-electron chi connectivity index (χ3n) is 3.61. The van der Waals surface area contributed by atoms with Gasteiger partial charge >= 0.3 is 0 Å². The van der Waals surface area contributed by atoms with Crippen LogP contribution in [0.1, 0.15) is 16.8 Å². The molecule has 1 heterocycles. The number of halogens is 1. The zero-order valence-corrected chi connectivity index (χ0v) is 13.2. The van der Waals surface area contributed by atoms with Crippen LogP contribution in [0.15, 0.2) is 42.5 Å². The van der Waals surface area contributed by atoms with Gasteiger partial charge < -0.3 is 5.11 Å². The Balaban J connectivity index is 2.18. The summed E-state index contributed by atoms with van der Waals surface area (Å²) in [5.41, 5.74) is 5.27. The van der Waals surface area contributed by atoms with Gasteiger partial charge in [0.15, 0.2) is 0 Å². The van der Waals surface area contributed by atoms with Crippen LogP contribution >= 0.6 is 11.6 Å². The van der Waals surface area contributed by atoms with Crippen LogP contribution in [0.2, 0.25) is 5.02 Å². The van der Waals surface area contributed by atoms with E-state index in [1.807, 2.05) is 56.3 Å². The zero-order chi connectivity index (χ0) is 15.7. The van der Waals surface area contributed by atoms with Crippen molar-refractivity contribution in [1.29, 1.82) is 0 Å². The molecule has 1 N–H and O–H groups in total. The first-order valence-electron chi connectivity index (χ1n) is 6.99. The number of hydrogen-bond acceptors (Lipinski definition) is 3. The molecule has 0 aliphatic carbocycles.